The molecule has 2 aromatic rings. The number of benzene rings is 1. The largest absolute Gasteiger partial charge is 0.342 e. The first-order valence-corrected chi connectivity index (χ1v) is 12.0. The minimum Gasteiger partial charge on any atom is -0.342 e. The van der Waals surface area contributed by atoms with Gasteiger partial charge in [0.1, 0.15) is 0 Å². The number of rotatable bonds is 6. The molecule has 2 amide bonds. The Labute approximate surface area is 191 Å². The van der Waals surface area contributed by atoms with E-state index in [1.165, 1.54) is 12.8 Å². The molecule has 0 radical (unpaired) electrons. The highest BCUT2D eigenvalue weighted by atomic mass is 16.2. The lowest BCUT2D eigenvalue weighted by Gasteiger charge is -2.34. The van der Waals surface area contributed by atoms with Crippen LogP contribution in [0.2, 0.25) is 0 Å². The Morgan fingerprint density at radius 1 is 0.875 bits per heavy atom. The molecule has 6 nitrogen and oxygen atoms in total. The molecule has 0 aliphatic carbocycles. The number of carbonyl (C=O) groups excluding carboxylic acids is 2. The molecule has 32 heavy (non-hydrogen) atoms. The van der Waals surface area contributed by atoms with Crippen LogP contribution in [-0.2, 0) is 9.59 Å². The predicted octanol–water partition coefficient (Wildman–Crippen LogP) is 3.40. The van der Waals surface area contributed by atoms with Gasteiger partial charge in [-0.15, -0.1) is 0 Å². The normalized spacial score (nSPS) is 18.8. The third-order valence-corrected chi connectivity index (χ3v) is 6.69. The minimum absolute atomic E-state index is 0.0655. The van der Waals surface area contributed by atoms with Gasteiger partial charge in [-0.3, -0.25) is 19.9 Å². The van der Waals surface area contributed by atoms with Crippen LogP contribution in [0.4, 0.5) is 0 Å². The van der Waals surface area contributed by atoms with Crippen LogP contribution in [0.15, 0.2) is 54.7 Å². The lowest BCUT2D eigenvalue weighted by Crippen LogP contribution is -2.47. The van der Waals surface area contributed by atoms with E-state index in [2.05, 4.69) is 27.3 Å². The first-order valence-electron chi connectivity index (χ1n) is 12.0. The first-order chi connectivity index (χ1) is 15.7. The van der Waals surface area contributed by atoms with Gasteiger partial charge in [-0.2, -0.15) is 0 Å². The van der Waals surface area contributed by atoms with Gasteiger partial charge in [0.2, 0.25) is 11.8 Å². The maximum atomic E-state index is 12.9. The van der Waals surface area contributed by atoms with Gasteiger partial charge >= 0.3 is 0 Å². The average molecular weight is 435 g/mol. The van der Waals surface area contributed by atoms with E-state index in [4.69, 9.17) is 0 Å². The number of likely N-dealkylation sites (tertiary alicyclic amines) is 2. The number of pyridine rings is 1. The molecule has 4 rings (SSSR count). The predicted molar refractivity (Wildman–Crippen MR) is 125 cm³/mol. The zero-order valence-electron chi connectivity index (χ0n) is 18.8. The van der Waals surface area contributed by atoms with Crippen molar-refractivity contribution in [3.8, 4) is 0 Å². The summed E-state index contributed by atoms with van der Waals surface area (Å²) in [5.74, 6) is 0.453. The van der Waals surface area contributed by atoms with Crippen LogP contribution in [0.1, 0.15) is 55.8 Å². The van der Waals surface area contributed by atoms with Crippen LogP contribution >= 0.6 is 0 Å². The second-order valence-corrected chi connectivity index (χ2v) is 8.87. The van der Waals surface area contributed by atoms with Crippen molar-refractivity contribution in [2.75, 3.05) is 32.7 Å². The first kappa shape index (κ1) is 22.5. The highest BCUT2D eigenvalue weighted by Crippen LogP contribution is 2.23. The van der Waals surface area contributed by atoms with Crippen LogP contribution in [0.25, 0.3) is 0 Å². The molecule has 2 saturated heterocycles. The zero-order chi connectivity index (χ0) is 22.2. The third-order valence-electron chi connectivity index (χ3n) is 6.69. The Morgan fingerprint density at radius 3 is 2.22 bits per heavy atom. The number of amides is 2. The topological polar surface area (TPSA) is 65.5 Å². The molecule has 2 aliphatic rings. The van der Waals surface area contributed by atoms with Crippen molar-refractivity contribution < 1.29 is 9.59 Å². The summed E-state index contributed by atoms with van der Waals surface area (Å²) in [4.78, 5) is 34.3. The molecule has 0 bridgehead atoms. The number of carbonyl (C=O) groups is 2. The van der Waals surface area contributed by atoms with E-state index in [0.717, 1.165) is 50.0 Å². The molecule has 2 aliphatic heterocycles. The fourth-order valence-corrected chi connectivity index (χ4v) is 4.81. The number of nitrogens with zero attached hydrogens (tertiary/aromatic N) is 3. The second kappa shape index (κ2) is 11.2. The van der Waals surface area contributed by atoms with E-state index in [9.17, 15) is 9.59 Å². The molecular formula is C26H34N4O2. The van der Waals surface area contributed by atoms with Crippen molar-refractivity contribution in [2.45, 2.75) is 44.6 Å². The van der Waals surface area contributed by atoms with Crippen molar-refractivity contribution >= 4 is 11.8 Å². The molecule has 0 saturated carbocycles. The summed E-state index contributed by atoms with van der Waals surface area (Å²) >= 11 is 0. The molecule has 170 valence electrons. The molecular weight excluding hydrogens is 400 g/mol. The maximum Gasteiger partial charge on any atom is 0.236 e. The second-order valence-electron chi connectivity index (χ2n) is 8.87. The number of hydrogen-bond donors (Lipinski definition) is 1. The summed E-state index contributed by atoms with van der Waals surface area (Å²) in [6, 6.07) is 15.8. The maximum absolute atomic E-state index is 12.9. The van der Waals surface area contributed by atoms with Gasteiger partial charge in [0.25, 0.3) is 0 Å². The van der Waals surface area contributed by atoms with E-state index in [-0.39, 0.29) is 24.4 Å². The summed E-state index contributed by atoms with van der Waals surface area (Å²) in [5.41, 5.74) is 1.98. The molecule has 0 spiro atoms. The monoisotopic (exact) mass is 434 g/mol. The Kier molecular flexibility index (Phi) is 7.88. The Bertz CT molecular complexity index is 818. The molecule has 2 fully saturated rings. The Morgan fingerprint density at radius 2 is 1.56 bits per heavy atom. The average Bonchev–Trinajstić information content (AvgIpc) is 3.15. The highest BCUT2D eigenvalue weighted by molar-refractivity contribution is 5.81. The summed E-state index contributed by atoms with van der Waals surface area (Å²) in [6.07, 6.45) is 8.01. The number of hydrogen-bond acceptors (Lipinski definition) is 4. The Balaban J connectivity index is 1.31. The van der Waals surface area contributed by atoms with Gasteiger partial charge < -0.3 is 9.80 Å². The van der Waals surface area contributed by atoms with E-state index < -0.39 is 0 Å². The summed E-state index contributed by atoms with van der Waals surface area (Å²) in [6.45, 7) is 3.36. The van der Waals surface area contributed by atoms with Gasteiger partial charge in [0, 0.05) is 38.3 Å². The summed E-state index contributed by atoms with van der Waals surface area (Å²) in [7, 11) is 0. The van der Waals surface area contributed by atoms with Crippen LogP contribution < -0.4 is 5.32 Å². The zero-order valence-corrected chi connectivity index (χ0v) is 18.8. The highest BCUT2D eigenvalue weighted by Gasteiger charge is 2.30. The van der Waals surface area contributed by atoms with Gasteiger partial charge in [0.15, 0.2) is 0 Å². The van der Waals surface area contributed by atoms with E-state index in [1.54, 1.807) is 6.20 Å². The molecule has 1 unspecified atom stereocenters. The van der Waals surface area contributed by atoms with Crippen molar-refractivity contribution in [1.82, 2.24) is 20.1 Å². The van der Waals surface area contributed by atoms with E-state index in [1.807, 2.05) is 41.3 Å². The lowest BCUT2D eigenvalue weighted by molar-refractivity contribution is -0.140. The quantitative estimate of drug-likeness (QED) is 0.757. The van der Waals surface area contributed by atoms with Gasteiger partial charge in [0.05, 0.1) is 18.3 Å². The third kappa shape index (κ3) is 5.74. The summed E-state index contributed by atoms with van der Waals surface area (Å²) < 4.78 is 0. The van der Waals surface area contributed by atoms with Crippen LogP contribution in [0, 0.1) is 5.92 Å². The number of nitrogens with one attached hydrogen (secondary N) is 1. The molecule has 1 aromatic carbocycles. The van der Waals surface area contributed by atoms with Crippen molar-refractivity contribution in [1.29, 1.82) is 0 Å². The van der Waals surface area contributed by atoms with Crippen LogP contribution in [-0.4, -0.2) is 59.3 Å². The van der Waals surface area contributed by atoms with Gasteiger partial charge in [-0.1, -0.05) is 49.2 Å². The van der Waals surface area contributed by atoms with Crippen molar-refractivity contribution in [3.63, 3.8) is 0 Å². The lowest BCUT2D eigenvalue weighted by atomic mass is 9.95. The molecule has 1 atom stereocenters. The van der Waals surface area contributed by atoms with Gasteiger partial charge in [-0.05, 0) is 43.4 Å². The number of aromatic nitrogens is 1. The van der Waals surface area contributed by atoms with Gasteiger partial charge in [-0.25, -0.2) is 0 Å². The van der Waals surface area contributed by atoms with Crippen molar-refractivity contribution in [3.05, 3.63) is 66.0 Å². The smallest absolute Gasteiger partial charge is 0.236 e. The molecule has 1 aromatic heterocycles. The van der Waals surface area contributed by atoms with Crippen molar-refractivity contribution in [2.24, 2.45) is 5.92 Å². The molecule has 3 heterocycles. The summed E-state index contributed by atoms with van der Waals surface area (Å²) in [5, 5.41) is 3.41. The van der Waals surface area contributed by atoms with Crippen LogP contribution in [0.3, 0.4) is 0 Å². The van der Waals surface area contributed by atoms with E-state index >= 15 is 0 Å². The van der Waals surface area contributed by atoms with E-state index in [0.29, 0.717) is 19.0 Å². The fraction of sp³-hybridized carbons (Fsp3) is 0.500. The minimum atomic E-state index is -0.136. The Hall–Kier alpha value is -2.73. The molecule has 1 N–H and O–H groups in total. The number of piperidine rings is 1. The standard InChI is InChI=1S/C26H34N4O2/c31-24(20-28-25(21-10-4-3-5-11-21)23-12-6-7-15-27-23)29-18-13-22(14-19-29)26(32)30-16-8-1-2-9-17-30/h3-7,10-12,15,22,25,28H,1-2,8-9,13-14,16-20H2. The van der Waals surface area contributed by atoms with Crippen LogP contribution in [0.5, 0.6) is 0 Å². The molecule has 6 heteroatoms. The fourth-order valence-electron chi connectivity index (χ4n) is 4.81. The SMILES string of the molecule is O=C(CNC(c1ccccc1)c1ccccn1)N1CCC(C(=O)N2CCCCCC2)CC1.